The summed E-state index contributed by atoms with van der Waals surface area (Å²) in [7, 11) is 0. The zero-order valence-electron chi connectivity index (χ0n) is 14.3. The zero-order chi connectivity index (χ0) is 16.4. The van der Waals surface area contributed by atoms with E-state index in [9.17, 15) is 4.79 Å². The highest BCUT2D eigenvalue weighted by Crippen LogP contribution is 2.31. The van der Waals surface area contributed by atoms with Crippen LogP contribution in [0.3, 0.4) is 0 Å². The molecule has 0 spiro atoms. The van der Waals surface area contributed by atoms with Crippen LogP contribution in [0.25, 0.3) is 0 Å². The number of hydrogen-bond donors (Lipinski definition) is 0. The average molecular weight is 329 g/mol. The van der Waals surface area contributed by atoms with Crippen LogP contribution < -0.4 is 0 Å². The van der Waals surface area contributed by atoms with E-state index in [4.69, 9.17) is 4.74 Å². The van der Waals surface area contributed by atoms with Crippen molar-refractivity contribution in [3.8, 4) is 0 Å². The summed E-state index contributed by atoms with van der Waals surface area (Å²) in [5.74, 6) is 1.19. The number of nitrogens with zero attached hydrogens (tertiary/aromatic N) is 3. The van der Waals surface area contributed by atoms with E-state index >= 15 is 0 Å². The molecule has 0 unspecified atom stereocenters. The van der Waals surface area contributed by atoms with Crippen molar-refractivity contribution < 1.29 is 9.53 Å². The monoisotopic (exact) mass is 329 g/mol. The van der Waals surface area contributed by atoms with E-state index in [0.717, 1.165) is 58.7 Å². The van der Waals surface area contributed by atoms with E-state index in [2.05, 4.69) is 26.9 Å². The number of carbonyl (C=O) groups is 1. The maximum Gasteiger partial charge on any atom is 0.226 e. The Morgan fingerprint density at radius 1 is 1.08 bits per heavy atom. The molecule has 4 saturated heterocycles. The van der Waals surface area contributed by atoms with Crippen molar-refractivity contribution in [2.45, 2.75) is 38.3 Å². The Balaban J connectivity index is 1.43. The first-order chi connectivity index (χ1) is 11.8. The third-order valence-corrected chi connectivity index (χ3v) is 5.80. The molecule has 5 heterocycles. The first-order valence-corrected chi connectivity index (χ1v) is 9.29. The molecule has 0 N–H and O–H groups in total. The van der Waals surface area contributed by atoms with Gasteiger partial charge in [-0.15, -0.1) is 0 Å². The number of fused-ring (bicyclic) bond motifs is 4. The average Bonchev–Trinajstić information content (AvgIpc) is 2.93. The normalized spacial score (nSPS) is 28.8. The molecule has 0 radical (unpaired) electrons. The third kappa shape index (κ3) is 3.47. The fraction of sp³-hybridized carbons (Fsp3) is 0.684. The molecule has 4 aliphatic heterocycles. The Morgan fingerprint density at radius 2 is 1.88 bits per heavy atom. The Labute approximate surface area is 144 Å². The quantitative estimate of drug-likeness (QED) is 0.850. The fourth-order valence-electron chi connectivity index (χ4n) is 4.50. The minimum absolute atomic E-state index is 0.187. The largest absolute Gasteiger partial charge is 0.381 e. The smallest absolute Gasteiger partial charge is 0.226 e. The molecule has 0 aliphatic carbocycles. The molecule has 5 nitrogen and oxygen atoms in total. The first kappa shape index (κ1) is 16.0. The number of pyridine rings is 1. The molecule has 1 aromatic heterocycles. The molecule has 0 saturated carbocycles. The lowest BCUT2D eigenvalue weighted by Crippen LogP contribution is -2.50. The molecular weight excluding hydrogens is 302 g/mol. The molecule has 24 heavy (non-hydrogen) atoms. The number of aromatic nitrogens is 1. The van der Waals surface area contributed by atoms with E-state index in [1.165, 1.54) is 12.0 Å². The van der Waals surface area contributed by atoms with Gasteiger partial charge in [-0.1, -0.05) is 0 Å². The van der Waals surface area contributed by atoms with Gasteiger partial charge < -0.3 is 9.64 Å². The predicted octanol–water partition coefficient (Wildman–Crippen LogP) is 1.93. The Kier molecular flexibility index (Phi) is 4.81. The molecular formula is C19H27N3O2. The van der Waals surface area contributed by atoms with Gasteiger partial charge in [0.2, 0.25) is 5.91 Å². The molecule has 4 aliphatic rings. The highest BCUT2D eigenvalue weighted by atomic mass is 16.5. The van der Waals surface area contributed by atoms with Crippen molar-refractivity contribution in [1.82, 2.24) is 14.8 Å². The standard InChI is InChI=1S/C19H27N3O2/c23-19(17-5-9-24-10-6-17)22-13-16-1-2-18(22)14-21(12-16)11-15-3-7-20-8-4-15/h3-4,7-8,16-18H,1-2,5-6,9-14H2/t16-,18+/m1/s1. The lowest BCUT2D eigenvalue weighted by Gasteiger charge is -2.39. The Bertz CT molecular complexity index is 559. The van der Waals surface area contributed by atoms with Gasteiger partial charge in [0.05, 0.1) is 0 Å². The van der Waals surface area contributed by atoms with E-state index in [-0.39, 0.29) is 5.92 Å². The van der Waals surface area contributed by atoms with Crippen molar-refractivity contribution in [1.29, 1.82) is 0 Å². The summed E-state index contributed by atoms with van der Waals surface area (Å²) in [6.07, 6.45) is 7.94. The maximum atomic E-state index is 13.0. The number of rotatable bonds is 3. The van der Waals surface area contributed by atoms with Gasteiger partial charge in [0.1, 0.15) is 0 Å². The topological polar surface area (TPSA) is 45.7 Å². The van der Waals surface area contributed by atoms with Crippen LogP contribution >= 0.6 is 0 Å². The van der Waals surface area contributed by atoms with Crippen LogP contribution in [0.1, 0.15) is 31.2 Å². The number of hydrogen-bond acceptors (Lipinski definition) is 4. The first-order valence-electron chi connectivity index (χ1n) is 9.29. The van der Waals surface area contributed by atoms with Crippen LogP contribution in [0.4, 0.5) is 0 Å². The molecule has 4 fully saturated rings. The SMILES string of the molecule is O=C(C1CCOCC1)N1C[C@@H]2CC[C@H]1CN(Cc1ccncc1)C2. The van der Waals surface area contributed by atoms with Gasteiger partial charge in [-0.2, -0.15) is 0 Å². The summed E-state index contributed by atoms with van der Waals surface area (Å²) in [6.45, 7) is 5.52. The van der Waals surface area contributed by atoms with Crippen molar-refractivity contribution in [3.05, 3.63) is 30.1 Å². The minimum atomic E-state index is 0.187. The number of piperidine rings is 1. The molecule has 130 valence electrons. The molecule has 1 amide bonds. The van der Waals surface area contributed by atoms with Gasteiger partial charge in [-0.3, -0.25) is 14.7 Å². The summed E-state index contributed by atoms with van der Waals surface area (Å²) in [5, 5.41) is 0. The molecule has 5 heteroatoms. The summed E-state index contributed by atoms with van der Waals surface area (Å²) in [4.78, 5) is 21.9. The van der Waals surface area contributed by atoms with Crippen LogP contribution in [0.15, 0.2) is 24.5 Å². The van der Waals surface area contributed by atoms with Crippen LogP contribution in [0, 0.1) is 11.8 Å². The van der Waals surface area contributed by atoms with Crippen LogP contribution in [-0.2, 0) is 16.1 Å². The molecule has 1 aromatic rings. The van der Waals surface area contributed by atoms with Crippen molar-refractivity contribution in [3.63, 3.8) is 0 Å². The van der Waals surface area contributed by atoms with E-state index in [0.29, 0.717) is 17.9 Å². The second-order valence-corrected chi connectivity index (χ2v) is 7.52. The molecule has 0 aromatic carbocycles. The lowest BCUT2D eigenvalue weighted by molar-refractivity contribution is -0.142. The predicted molar refractivity (Wildman–Crippen MR) is 91.3 cm³/mol. The van der Waals surface area contributed by atoms with E-state index in [1.54, 1.807) is 0 Å². The third-order valence-electron chi connectivity index (χ3n) is 5.80. The van der Waals surface area contributed by atoms with Crippen molar-refractivity contribution >= 4 is 5.91 Å². The van der Waals surface area contributed by atoms with Crippen LogP contribution in [0.2, 0.25) is 0 Å². The van der Waals surface area contributed by atoms with Gasteiger partial charge in [0, 0.05) is 63.7 Å². The van der Waals surface area contributed by atoms with E-state index in [1.807, 2.05) is 12.4 Å². The second-order valence-electron chi connectivity index (χ2n) is 7.52. The van der Waals surface area contributed by atoms with E-state index < -0.39 is 0 Å². The summed E-state index contributed by atoms with van der Waals surface area (Å²) in [6, 6.07) is 4.58. The van der Waals surface area contributed by atoms with Crippen molar-refractivity contribution in [2.24, 2.45) is 11.8 Å². The van der Waals surface area contributed by atoms with Crippen LogP contribution in [0.5, 0.6) is 0 Å². The fourth-order valence-corrected chi connectivity index (χ4v) is 4.50. The summed E-state index contributed by atoms with van der Waals surface area (Å²) in [5.41, 5.74) is 1.31. The van der Waals surface area contributed by atoms with Gasteiger partial charge in [-0.25, -0.2) is 0 Å². The summed E-state index contributed by atoms with van der Waals surface area (Å²) < 4.78 is 5.42. The van der Waals surface area contributed by atoms with Gasteiger partial charge in [0.25, 0.3) is 0 Å². The zero-order valence-corrected chi connectivity index (χ0v) is 14.3. The second kappa shape index (κ2) is 7.19. The number of amides is 1. The minimum Gasteiger partial charge on any atom is -0.381 e. The maximum absolute atomic E-state index is 13.0. The highest BCUT2D eigenvalue weighted by Gasteiger charge is 2.39. The Morgan fingerprint density at radius 3 is 2.67 bits per heavy atom. The Hall–Kier alpha value is -1.46. The van der Waals surface area contributed by atoms with Crippen LogP contribution in [-0.4, -0.2) is 59.6 Å². The van der Waals surface area contributed by atoms with Gasteiger partial charge >= 0.3 is 0 Å². The van der Waals surface area contributed by atoms with Crippen molar-refractivity contribution in [2.75, 3.05) is 32.8 Å². The summed E-state index contributed by atoms with van der Waals surface area (Å²) >= 11 is 0. The molecule has 2 atom stereocenters. The number of ether oxygens (including phenoxy) is 1. The molecule has 5 rings (SSSR count). The van der Waals surface area contributed by atoms with Gasteiger partial charge in [0.15, 0.2) is 0 Å². The molecule has 2 bridgehead atoms. The highest BCUT2D eigenvalue weighted by molar-refractivity contribution is 5.79. The number of carbonyl (C=O) groups excluding carboxylic acids is 1. The lowest BCUT2D eigenvalue weighted by atomic mass is 9.91. The van der Waals surface area contributed by atoms with Gasteiger partial charge in [-0.05, 0) is 49.3 Å².